The summed E-state index contributed by atoms with van der Waals surface area (Å²) in [4.78, 5) is 7.34. The summed E-state index contributed by atoms with van der Waals surface area (Å²) in [6.07, 6.45) is 12.2. The minimum atomic E-state index is 0.172. The van der Waals surface area contributed by atoms with Gasteiger partial charge in [0.2, 0.25) is 0 Å². The number of aliphatic hydroxyl groups is 1. The topological polar surface area (TPSA) is 61.5 Å². The molecule has 4 aromatic rings. The molecule has 0 unspecified atom stereocenters. The number of aromatic nitrogens is 1. The van der Waals surface area contributed by atoms with Gasteiger partial charge in [-0.05, 0) is 53.6 Å². The Labute approximate surface area is 246 Å². The average molecular weight is 564 g/mol. The van der Waals surface area contributed by atoms with Crippen LogP contribution in [0.25, 0.3) is 23.2 Å². The maximum absolute atomic E-state index is 9.34. The molecule has 0 radical (unpaired) electrons. The highest BCUT2D eigenvalue weighted by Crippen LogP contribution is 2.38. The Morgan fingerprint density at radius 1 is 1.05 bits per heavy atom. The van der Waals surface area contributed by atoms with Crippen molar-refractivity contribution in [1.29, 1.82) is 0 Å². The smallest absolute Gasteiger partial charge is 0.190 e. The van der Waals surface area contributed by atoms with Crippen LogP contribution in [-0.4, -0.2) is 16.6 Å². The van der Waals surface area contributed by atoms with Gasteiger partial charge in [-0.3, -0.25) is 0 Å². The summed E-state index contributed by atoms with van der Waals surface area (Å²) in [5.41, 5.74) is 7.65. The predicted octanol–water partition coefficient (Wildman–Crippen LogP) is 9.38. The van der Waals surface area contributed by atoms with E-state index >= 15 is 0 Å². The Balaban J connectivity index is 1.24. The molecule has 2 aromatic heterocycles. The third-order valence-electron chi connectivity index (χ3n) is 8.09. The number of nitrogens with one attached hydrogen (secondary N) is 1. The fraction of sp³-hybridized carbons (Fsp3) is 0.286. The number of benzene rings is 2. The lowest BCUT2D eigenvalue weighted by molar-refractivity contribution is 0.391. The number of nitrogens with zero attached hydrogens (tertiary/aromatic N) is 2. The van der Waals surface area contributed by atoms with Crippen LogP contribution >= 0.6 is 11.3 Å². The van der Waals surface area contributed by atoms with Gasteiger partial charge in [0.15, 0.2) is 10.9 Å². The van der Waals surface area contributed by atoms with Crippen LogP contribution in [0.4, 0.5) is 10.8 Å². The number of allylic oxidation sites excluding steroid dienone is 1. The summed E-state index contributed by atoms with van der Waals surface area (Å²) in [7, 11) is 0. The highest BCUT2D eigenvalue weighted by molar-refractivity contribution is 7.14. The van der Waals surface area contributed by atoms with E-state index in [9.17, 15) is 5.11 Å². The van der Waals surface area contributed by atoms with E-state index in [0.717, 1.165) is 51.3 Å². The zero-order valence-electron chi connectivity index (χ0n) is 23.4. The first-order chi connectivity index (χ1) is 20.0. The van der Waals surface area contributed by atoms with E-state index in [1.807, 2.05) is 0 Å². The van der Waals surface area contributed by atoms with Crippen molar-refractivity contribution in [3.63, 3.8) is 0 Å². The maximum atomic E-state index is 9.34. The number of aliphatic hydroxyl groups excluding tert-OH is 1. The summed E-state index contributed by atoms with van der Waals surface area (Å²) in [5.74, 6) is 2.69. The van der Waals surface area contributed by atoms with E-state index < -0.39 is 0 Å². The van der Waals surface area contributed by atoms with Crippen molar-refractivity contribution in [2.45, 2.75) is 57.4 Å². The number of anilines is 2. The summed E-state index contributed by atoms with van der Waals surface area (Å²) < 4.78 is 6.12. The molecule has 1 fully saturated rings. The average Bonchev–Trinajstić information content (AvgIpc) is 3.74. The van der Waals surface area contributed by atoms with Gasteiger partial charge >= 0.3 is 0 Å². The Bertz CT molecular complexity index is 1540. The van der Waals surface area contributed by atoms with Crippen molar-refractivity contribution >= 4 is 33.9 Å². The Kier molecular flexibility index (Phi) is 8.10. The molecule has 2 N–H and O–H groups in total. The summed E-state index contributed by atoms with van der Waals surface area (Å²) in [6.45, 7) is 8.98. The Morgan fingerprint density at radius 3 is 2.56 bits per heavy atom. The zero-order valence-corrected chi connectivity index (χ0v) is 24.3. The molecule has 2 heterocycles. The van der Waals surface area contributed by atoms with Gasteiger partial charge in [-0.25, -0.2) is 4.98 Å². The van der Waals surface area contributed by atoms with Crippen LogP contribution in [0.5, 0.6) is 0 Å². The monoisotopic (exact) mass is 563 g/mol. The second kappa shape index (κ2) is 12.2. The molecular formula is C35H37N3O2S. The van der Waals surface area contributed by atoms with Gasteiger partial charge in [0, 0.05) is 41.7 Å². The number of hydrogen-bond acceptors (Lipinski definition) is 6. The molecule has 0 spiro atoms. The number of furan rings is 1. The molecule has 210 valence electrons. The molecule has 41 heavy (non-hydrogen) atoms. The number of rotatable bonds is 11. The lowest BCUT2D eigenvalue weighted by atomic mass is 9.84. The molecule has 0 atom stereocenters. The first-order valence-corrected chi connectivity index (χ1v) is 15.4. The molecule has 2 aliphatic rings. The van der Waals surface area contributed by atoms with Crippen molar-refractivity contribution in [3.05, 3.63) is 113 Å². The van der Waals surface area contributed by atoms with Gasteiger partial charge in [-0.1, -0.05) is 81.0 Å². The first-order valence-electron chi connectivity index (χ1n) is 14.5. The second-order valence-corrected chi connectivity index (χ2v) is 11.9. The van der Waals surface area contributed by atoms with Crippen LogP contribution in [-0.2, 0) is 13.0 Å². The normalized spacial score (nSPS) is 14.6. The van der Waals surface area contributed by atoms with E-state index in [1.165, 1.54) is 43.2 Å². The lowest BCUT2D eigenvalue weighted by Gasteiger charge is -2.25. The molecule has 6 heteroatoms. The molecule has 2 aliphatic carbocycles. The van der Waals surface area contributed by atoms with E-state index in [-0.39, 0.29) is 5.76 Å². The van der Waals surface area contributed by atoms with Gasteiger partial charge in [0.05, 0.1) is 12.3 Å². The van der Waals surface area contributed by atoms with E-state index in [2.05, 4.69) is 95.5 Å². The maximum Gasteiger partial charge on any atom is 0.190 e. The van der Waals surface area contributed by atoms with Crippen LogP contribution in [0, 0.1) is 0 Å². The van der Waals surface area contributed by atoms with Gasteiger partial charge in [-0.15, -0.1) is 11.3 Å². The third-order valence-corrected chi connectivity index (χ3v) is 8.96. The SMILES string of the molecule is C=C(O)CCNC(=C)c1ccc(CN(c2ccc(C3CCCCC3)cc2)c2nc(-c3cc4c(o3)CC=C4)cs2)cc1. The first kappa shape index (κ1) is 27.2. The van der Waals surface area contributed by atoms with E-state index in [0.29, 0.717) is 25.4 Å². The highest BCUT2D eigenvalue weighted by Gasteiger charge is 2.20. The molecule has 2 aromatic carbocycles. The number of thiazole rings is 1. The van der Waals surface area contributed by atoms with Crippen molar-refractivity contribution in [1.82, 2.24) is 10.3 Å². The van der Waals surface area contributed by atoms with Crippen molar-refractivity contribution < 1.29 is 9.52 Å². The van der Waals surface area contributed by atoms with Gasteiger partial charge in [0.25, 0.3) is 0 Å². The molecule has 0 amide bonds. The van der Waals surface area contributed by atoms with Crippen molar-refractivity contribution in [2.75, 3.05) is 11.4 Å². The van der Waals surface area contributed by atoms with E-state index in [4.69, 9.17) is 9.40 Å². The van der Waals surface area contributed by atoms with Crippen LogP contribution < -0.4 is 10.2 Å². The summed E-state index contributed by atoms with van der Waals surface area (Å²) >= 11 is 1.64. The van der Waals surface area contributed by atoms with Gasteiger partial charge < -0.3 is 19.7 Å². The fourth-order valence-electron chi connectivity index (χ4n) is 5.75. The van der Waals surface area contributed by atoms with Crippen LogP contribution in [0.3, 0.4) is 0 Å². The standard InChI is InChI=1S/C35H37N3O2S/c1-24(39)19-20-36-25(2)27-13-11-26(12-14-27)22-38(31-17-15-29(16-18-31)28-7-4-3-5-8-28)35-37-32(23-41-35)34-21-30-9-6-10-33(30)40-34/h6,9,11-18,21,23,28,36,39H,1-5,7-8,10,19-20,22H2. The summed E-state index contributed by atoms with van der Waals surface area (Å²) in [5, 5.41) is 15.6. The largest absolute Gasteiger partial charge is 0.513 e. The molecule has 1 saturated carbocycles. The molecule has 0 aliphatic heterocycles. The zero-order chi connectivity index (χ0) is 28.2. The quantitative estimate of drug-likeness (QED) is 0.178. The lowest BCUT2D eigenvalue weighted by Crippen LogP contribution is -2.17. The van der Waals surface area contributed by atoms with Gasteiger partial charge in [-0.2, -0.15) is 0 Å². The van der Waals surface area contributed by atoms with Gasteiger partial charge in [0.1, 0.15) is 11.5 Å². The molecule has 5 nitrogen and oxygen atoms in total. The van der Waals surface area contributed by atoms with Crippen LogP contribution in [0.15, 0.2) is 89.4 Å². The van der Waals surface area contributed by atoms with E-state index in [1.54, 1.807) is 11.3 Å². The molecule has 0 bridgehead atoms. The Morgan fingerprint density at radius 2 is 1.83 bits per heavy atom. The molecular weight excluding hydrogens is 526 g/mol. The highest BCUT2D eigenvalue weighted by atomic mass is 32.1. The minimum absolute atomic E-state index is 0.172. The van der Waals surface area contributed by atoms with Crippen molar-refractivity contribution in [3.8, 4) is 11.5 Å². The molecule has 0 saturated heterocycles. The summed E-state index contributed by atoms with van der Waals surface area (Å²) in [6, 6.07) is 19.7. The van der Waals surface area contributed by atoms with Crippen LogP contribution in [0.2, 0.25) is 0 Å². The Hall–Kier alpha value is -4.03. The van der Waals surface area contributed by atoms with Crippen LogP contribution in [0.1, 0.15) is 72.5 Å². The number of fused-ring (bicyclic) bond motifs is 1. The fourth-order valence-corrected chi connectivity index (χ4v) is 6.58. The minimum Gasteiger partial charge on any atom is -0.513 e. The molecule has 6 rings (SSSR count). The third kappa shape index (κ3) is 6.33. The number of hydrogen-bond donors (Lipinski definition) is 2. The van der Waals surface area contributed by atoms with Crippen molar-refractivity contribution in [2.24, 2.45) is 0 Å². The second-order valence-electron chi connectivity index (χ2n) is 11.0. The predicted molar refractivity (Wildman–Crippen MR) is 171 cm³/mol.